The molecular weight excluding hydrogens is 224 g/mol. The van der Waals surface area contributed by atoms with Crippen molar-refractivity contribution in [3.8, 4) is 0 Å². The maximum absolute atomic E-state index is 11.7. The third-order valence-corrected chi connectivity index (χ3v) is 3.44. The Morgan fingerprint density at radius 2 is 1.94 bits per heavy atom. The summed E-state index contributed by atoms with van der Waals surface area (Å²) in [6, 6.07) is 0.219. The summed E-state index contributed by atoms with van der Waals surface area (Å²) in [6.07, 6.45) is 3.07. The molecule has 0 aromatic carbocycles. The molecule has 16 heavy (non-hydrogen) atoms. The van der Waals surface area contributed by atoms with Gasteiger partial charge in [0.15, 0.2) is 0 Å². The lowest BCUT2D eigenvalue weighted by molar-refractivity contribution is -0.123. The average molecular weight is 249 g/mol. The van der Waals surface area contributed by atoms with Crippen molar-refractivity contribution < 1.29 is 4.79 Å². The second-order valence-corrected chi connectivity index (χ2v) is 5.17. The lowest BCUT2D eigenvalue weighted by Gasteiger charge is -2.19. The van der Waals surface area contributed by atoms with E-state index in [4.69, 9.17) is 5.73 Å². The van der Waals surface area contributed by atoms with Crippen molar-refractivity contribution in [2.24, 2.45) is 23.5 Å². The van der Waals surface area contributed by atoms with Crippen LogP contribution in [0.2, 0.25) is 0 Å². The molecule has 0 spiro atoms. The number of rotatable bonds is 6. The molecule has 0 bridgehead atoms. The Labute approximate surface area is 105 Å². The SMILES string of the molecule is CC(C)C(C)CC(=O)NC(CN)C1CC1.Cl. The Morgan fingerprint density at radius 1 is 1.38 bits per heavy atom. The van der Waals surface area contributed by atoms with Crippen molar-refractivity contribution in [3.63, 3.8) is 0 Å². The minimum atomic E-state index is 0. The topological polar surface area (TPSA) is 55.1 Å². The molecule has 0 aliphatic heterocycles. The Kier molecular flexibility index (Phi) is 7.00. The lowest BCUT2D eigenvalue weighted by Crippen LogP contribution is -2.42. The first-order valence-corrected chi connectivity index (χ1v) is 6.04. The van der Waals surface area contributed by atoms with Crippen molar-refractivity contribution in [1.29, 1.82) is 0 Å². The monoisotopic (exact) mass is 248 g/mol. The number of carbonyl (C=O) groups excluding carboxylic acids is 1. The van der Waals surface area contributed by atoms with Crippen LogP contribution in [0.3, 0.4) is 0 Å². The minimum absolute atomic E-state index is 0. The zero-order valence-corrected chi connectivity index (χ0v) is 11.3. The van der Waals surface area contributed by atoms with Gasteiger partial charge in [-0.05, 0) is 30.6 Å². The first-order valence-electron chi connectivity index (χ1n) is 6.04. The molecule has 1 fully saturated rings. The predicted molar refractivity (Wildman–Crippen MR) is 69.6 cm³/mol. The first kappa shape index (κ1) is 15.7. The van der Waals surface area contributed by atoms with Crippen LogP contribution >= 0.6 is 12.4 Å². The van der Waals surface area contributed by atoms with Crippen LogP contribution in [0.25, 0.3) is 0 Å². The van der Waals surface area contributed by atoms with Crippen LogP contribution in [0.1, 0.15) is 40.0 Å². The van der Waals surface area contributed by atoms with Crippen molar-refractivity contribution in [3.05, 3.63) is 0 Å². The number of carbonyl (C=O) groups is 1. The number of hydrogen-bond donors (Lipinski definition) is 2. The highest BCUT2D eigenvalue weighted by Gasteiger charge is 2.31. The quantitative estimate of drug-likeness (QED) is 0.755. The van der Waals surface area contributed by atoms with E-state index in [1.54, 1.807) is 0 Å². The van der Waals surface area contributed by atoms with E-state index < -0.39 is 0 Å². The second kappa shape index (κ2) is 7.13. The molecule has 0 aromatic heterocycles. The molecule has 4 heteroatoms. The maximum Gasteiger partial charge on any atom is 0.220 e. The molecule has 3 N–H and O–H groups in total. The molecule has 0 saturated heterocycles. The zero-order valence-electron chi connectivity index (χ0n) is 10.5. The standard InChI is InChI=1S/C12H24N2O.ClH/c1-8(2)9(3)6-12(15)14-11(7-13)10-4-5-10;/h8-11H,4-7,13H2,1-3H3,(H,14,15);1H. The lowest BCUT2D eigenvalue weighted by atomic mass is 9.94. The largest absolute Gasteiger partial charge is 0.352 e. The van der Waals surface area contributed by atoms with E-state index in [-0.39, 0.29) is 24.4 Å². The van der Waals surface area contributed by atoms with Crippen LogP contribution in [-0.4, -0.2) is 18.5 Å². The average Bonchev–Trinajstić information content (AvgIpc) is 2.97. The van der Waals surface area contributed by atoms with Crippen LogP contribution < -0.4 is 11.1 Å². The molecule has 2 atom stereocenters. The van der Waals surface area contributed by atoms with Gasteiger partial charge < -0.3 is 11.1 Å². The van der Waals surface area contributed by atoms with Crippen LogP contribution in [-0.2, 0) is 4.79 Å². The van der Waals surface area contributed by atoms with Gasteiger partial charge in [0.25, 0.3) is 0 Å². The smallest absolute Gasteiger partial charge is 0.220 e. The van der Waals surface area contributed by atoms with E-state index >= 15 is 0 Å². The molecule has 0 radical (unpaired) electrons. The number of halogens is 1. The summed E-state index contributed by atoms with van der Waals surface area (Å²) in [7, 11) is 0. The Morgan fingerprint density at radius 3 is 2.31 bits per heavy atom. The fourth-order valence-electron chi connectivity index (χ4n) is 1.66. The van der Waals surface area contributed by atoms with Gasteiger partial charge in [-0.2, -0.15) is 0 Å². The Hall–Kier alpha value is -0.280. The minimum Gasteiger partial charge on any atom is -0.352 e. The number of nitrogens with two attached hydrogens (primary N) is 1. The molecular formula is C12H25ClN2O. The highest BCUT2D eigenvalue weighted by molar-refractivity contribution is 5.85. The van der Waals surface area contributed by atoms with Gasteiger partial charge in [-0.15, -0.1) is 12.4 Å². The summed E-state index contributed by atoms with van der Waals surface area (Å²) in [5, 5.41) is 3.05. The third kappa shape index (κ3) is 5.17. The summed E-state index contributed by atoms with van der Waals surface area (Å²) >= 11 is 0. The maximum atomic E-state index is 11.7. The summed E-state index contributed by atoms with van der Waals surface area (Å²) < 4.78 is 0. The van der Waals surface area contributed by atoms with E-state index in [0.717, 1.165) is 0 Å². The summed E-state index contributed by atoms with van der Waals surface area (Å²) in [6.45, 7) is 7.00. The number of nitrogens with one attached hydrogen (secondary N) is 1. The highest BCUT2D eigenvalue weighted by Crippen LogP contribution is 2.32. The van der Waals surface area contributed by atoms with Crippen LogP contribution in [0.15, 0.2) is 0 Å². The van der Waals surface area contributed by atoms with Crippen molar-refractivity contribution in [2.45, 2.75) is 46.1 Å². The molecule has 96 valence electrons. The van der Waals surface area contributed by atoms with Gasteiger partial charge in [0, 0.05) is 19.0 Å². The van der Waals surface area contributed by atoms with Crippen molar-refractivity contribution in [1.82, 2.24) is 5.32 Å². The van der Waals surface area contributed by atoms with E-state index in [1.807, 2.05) is 0 Å². The Balaban J connectivity index is 0.00000225. The first-order chi connectivity index (χ1) is 7.04. The summed E-state index contributed by atoms with van der Waals surface area (Å²) in [5.74, 6) is 1.82. The van der Waals surface area contributed by atoms with Crippen molar-refractivity contribution in [2.75, 3.05) is 6.54 Å². The van der Waals surface area contributed by atoms with E-state index in [2.05, 4.69) is 26.1 Å². The van der Waals surface area contributed by atoms with Gasteiger partial charge in [-0.1, -0.05) is 20.8 Å². The molecule has 1 aliphatic carbocycles. The molecule has 0 heterocycles. The predicted octanol–water partition coefficient (Wildman–Crippen LogP) is 1.94. The van der Waals surface area contributed by atoms with Gasteiger partial charge in [-0.25, -0.2) is 0 Å². The molecule has 1 aliphatic rings. The molecule has 2 unspecified atom stereocenters. The van der Waals surface area contributed by atoms with Crippen LogP contribution in [0.4, 0.5) is 0 Å². The van der Waals surface area contributed by atoms with Gasteiger partial charge in [0.1, 0.15) is 0 Å². The van der Waals surface area contributed by atoms with Crippen molar-refractivity contribution >= 4 is 18.3 Å². The Bertz CT molecular complexity index is 217. The molecule has 3 nitrogen and oxygen atoms in total. The summed E-state index contributed by atoms with van der Waals surface area (Å²) in [4.78, 5) is 11.7. The fraction of sp³-hybridized carbons (Fsp3) is 0.917. The molecule has 1 saturated carbocycles. The van der Waals surface area contributed by atoms with Gasteiger partial charge in [0.05, 0.1) is 0 Å². The highest BCUT2D eigenvalue weighted by atomic mass is 35.5. The van der Waals surface area contributed by atoms with Gasteiger partial charge in [-0.3, -0.25) is 4.79 Å². The molecule has 1 rings (SSSR count). The number of hydrogen-bond acceptors (Lipinski definition) is 2. The summed E-state index contributed by atoms with van der Waals surface area (Å²) in [5.41, 5.74) is 5.64. The second-order valence-electron chi connectivity index (χ2n) is 5.17. The van der Waals surface area contributed by atoms with E-state index in [1.165, 1.54) is 12.8 Å². The molecule has 1 amide bonds. The third-order valence-electron chi connectivity index (χ3n) is 3.44. The normalized spacial score (nSPS) is 18.8. The zero-order chi connectivity index (χ0) is 11.4. The van der Waals surface area contributed by atoms with Gasteiger partial charge in [0.2, 0.25) is 5.91 Å². The van der Waals surface area contributed by atoms with E-state index in [0.29, 0.717) is 30.7 Å². The van der Waals surface area contributed by atoms with Gasteiger partial charge >= 0.3 is 0 Å². The molecule has 0 aromatic rings. The van der Waals surface area contributed by atoms with Crippen LogP contribution in [0, 0.1) is 17.8 Å². The van der Waals surface area contributed by atoms with E-state index in [9.17, 15) is 4.79 Å². The number of amides is 1. The fourth-order valence-corrected chi connectivity index (χ4v) is 1.66. The van der Waals surface area contributed by atoms with Crippen LogP contribution in [0.5, 0.6) is 0 Å².